The van der Waals surface area contributed by atoms with Crippen LogP contribution in [0.4, 0.5) is 0 Å². The maximum Gasteiger partial charge on any atom is 0.104 e. The molecule has 18 unspecified atom stereocenters. The Bertz CT molecular complexity index is 2320. The average Bonchev–Trinajstić information content (AvgIpc) is 0.977. The minimum atomic E-state index is -0.575. The van der Waals surface area contributed by atoms with Crippen molar-refractivity contribution < 1.29 is 193 Å². The smallest absolute Gasteiger partial charge is 0.104 e. The van der Waals surface area contributed by atoms with E-state index < -0.39 is 36.6 Å². The van der Waals surface area contributed by atoms with Crippen LogP contribution < -0.4 is 0 Å². The van der Waals surface area contributed by atoms with Crippen molar-refractivity contribution in [2.45, 2.75) is 359 Å². The van der Waals surface area contributed by atoms with Gasteiger partial charge in [-0.25, -0.2) is 0 Å². The maximum absolute atomic E-state index is 9.39. The maximum atomic E-state index is 9.39. The van der Waals surface area contributed by atoms with Gasteiger partial charge in [0.05, 0.1) is 235 Å². The Labute approximate surface area is 891 Å². The molecule has 0 radical (unpaired) electrons. The number of aliphatic hydroxyl groups excluding tert-OH is 10. The lowest BCUT2D eigenvalue weighted by Gasteiger charge is -2.22. The zero-order valence-electron chi connectivity index (χ0n) is 95.2. The Morgan fingerprint density at radius 2 is 0.265 bits per heavy atom. The van der Waals surface area contributed by atoms with E-state index in [1.54, 1.807) is 41.5 Å². The number of ether oxygens (including phenoxy) is 30. The van der Waals surface area contributed by atoms with Crippen LogP contribution >= 0.6 is 0 Å². The minimum absolute atomic E-state index is 0. The second-order valence-electron chi connectivity index (χ2n) is 35.0. The first-order chi connectivity index (χ1) is 70.8. The summed E-state index contributed by atoms with van der Waals surface area (Å²) in [5.74, 6) is 0. The third-order valence-electron chi connectivity index (χ3n) is 19.2. The Morgan fingerprint density at radius 1 is 0.136 bits per heavy atom. The van der Waals surface area contributed by atoms with E-state index in [0.717, 1.165) is 96.9 Å². The topological polar surface area (TPSA) is 479 Å². The molecule has 0 fully saturated rings. The van der Waals surface area contributed by atoms with Gasteiger partial charge in [-0.05, 0) is 161 Å². The highest BCUT2D eigenvalue weighted by molar-refractivity contribution is 4.69. The van der Waals surface area contributed by atoms with Crippen LogP contribution in [0.2, 0.25) is 0 Å². The number of unbranched alkanes of at least 4 members (excludes halogenated alkanes) is 6. The number of hydrogen-bond acceptors (Lipinski definition) is 40. The van der Waals surface area contributed by atoms with Gasteiger partial charge in [0.2, 0.25) is 0 Å². The monoisotopic (exact) mass is 2150 g/mol. The zero-order chi connectivity index (χ0) is 110. The van der Waals surface area contributed by atoms with Gasteiger partial charge in [-0.15, -0.1) is 0 Å². The van der Waals surface area contributed by atoms with Crippen molar-refractivity contribution >= 4 is 0 Å². The Kier molecular flexibility index (Phi) is 141. The number of aliphatic hydroxyl groups is 10. The van der Waals surface area contributed by atoms with Crippen molar-refractivity contribution in [1.29, 1.82) is 0 Å². The molecule has 0 heterocycles. The van der Waals surface area contributed by atoms with Crippen molar-refractivity contribution in [3.05, 3.63) is 0 Å². The van der Waals surface area contributed by atoms with E-state index in [1.807, 2.05) is 55.4 Å². The van der Waals surface area contributed by atoms with E-state index >= 15 is 0 Å². The van der Waals surface area contributed by atoms with Gasteiger partial charge < -0.3 is 193 Å². The largest absolute Gasteiger partial charge is 0.396 e. The quantitative estimate of drug-likeness (QED) is 0.0253. The van der Waals surface area contributed by atoms with E-state index in [0.29, 0.717) is 277 Å². The summed E-state index contributed by atoms with van der Waals surface area (Å²) in [5, 5.41) is 91.0. The second kappa shape index (κ2) is 131. The van der Waals surface area contributed by atoms with Gasteiger partial charge in [0.25, 0.3) is 0 Å². The molecule has 0 bridgehead atoms. The molecular formula is C107H228O40. The summed E-state index contributed by atoms with van der Waals surface area (Å²) < 4.78 is 168. The third-order valence-corrected chi connectivity index (χ3v) is 19.2. The lowest BCUT2D eigenvalue weighted by atomic mass is 10.3. The average molecular weight is 2150 g/mol. The van der Waals surface area contributed by atoms with Crippen LogP contribution in [0.3, 0.4) is 0 Å². The number of rotatable bonds is 110. The summed E-state index contributed by atoms with van der Waals surface area (Å²) >= 11 is 0. The molecule has 0 saturated carbocycles. The van der Waals surface area contributed by atoms with Gasteiger partial charge in [-0.3, -0.25) is 0 Å². The third kappa shape index (κ3) is 129. The van der Waals surface area contributed by atoms with Gasteiger partial charge in [0, 0.05) is 145 Å². The van der Waals surface area contributed by atoms with Crippen LogP contribution in [0.25, 0.3) is 0 Å². The van der Waals surface area contributed by atoms with Gasteiger partial charge in [-0.2, -0.15) is 0 Å². The Morgan fingerprint density at radius 3 is 0.422 bits per heavy atom. The van der Waals surface area contributed by atoms with E-state index in [2.05, 4.69) is 41.5 Å². The first kappa shape index (κ1) is 158. The summed E-state index contributed by atoms with van der Waals surface area (Å²) in [6.45, 7) is 61.9. The first-order valence-electron chi connectivity index (χ1n) is 55.1. The van der Waals surface area contributed by atoms with Crippen LogP contribution in [0.5, 0.6) is 0 Å². The van der Waals surface area contributed by atoms with Crippen LogP contribution in [-0.2, 0) is 142 Å². The van der Waals surface area contributed by atoms with Crippen LogP contribution in [0, 0.1) is 0 Å². The standard InChI is InChI=1S/C19H40O8.2C18H38O7.3C17H36O6.CH4/c1-4-5-9-26-18(12-23-8-6-7-20)13-25-15-19(27-11-17(3)22)14-24-10-16(2)21;1-4-6-10-25-18(12-21-9-7-8-19)15-23-14-17(24-5-2)13-22-11-16(3)20;1-4-6-10-24-17(13-22-9-7-8-19)14-23-15-18(12-21-5-2)25-11-16(3)20;1-5-8-9-23-17(11-19-6-2)14-21-13-16(22-7-3)12-20-10-15(4)18;1-5-8-9-22-16(11-19-6-2)13-21-14-17(12-20-7-3)23-10-15(4)18;1-4-7-10-20-13-17(23-11-8-9-18)15-21-14-16(22-6-3)12-19-5-2;/h16-22H,4-15H2,1-3H3;2*16-20H,4-15H2,1-3H3;2*15-18H,5-14H2,1-4H3;16-18H,4-15H2,1-3H3;1H4. The molecule has 10 N–H and O–H groups in total. The Balaban J connectivity index is -0.000000320. The number of hydrogen-bond donors (Lipinski definition) is 10. The molecule has 0 spiro atoms. The highest BCUT2D eigenvalue weighted by Gasteiger charge is 2.23. The van der Waals surface area contributed by atoms with E-state index in [-0.39, 0.29) is 153 Å². The summed E-state index contributed by atoms with van der Waals surface area (Å²) in [5.41, 5.74) is 0. The van der Waals surface area contributed by atoms with Crippen molar-refractivity contribution in [3.63, 3.8) is 0 Å². The van der Waals surface area contributed by atoms with Crippen molar-refractivity contribution in [3.8, 4) is 0 Å². The predicted molar refractivity (Wildman–Crippen MR) is 570 cm³/mol. The van der Waals surface area contributed by atoms with E-state index in [4.69, 9.17) is 163 Å². The molecule has 40 nitrogen and oxygen atoms in total. The first-order valence-corrected chi connectivity index (χ1v) is 55.1. The predicted octanol–water partition coefficient (Wildman–Crippen LogP) is 10.2. The lowest BCUT2D eigenvalue weighted by Crippen LogP contribution is -2.33. The molecule has 0 amide bonds. The molecule has 18 atom stereocenters. The van der Waals surface area contributed by atoms with Crippen LogP contribution in [0.15, 0.2) is 0 Å². The molecule has 147 heavy (non-hydrogen) atoms. The lowest BCUT2D eigenvalue weighted by molar-refractivity contribution is -0.108. The van der Waals surface area contributed by atoms with Gasteiger partial charge in [0.15, 0.2) is 0 Å². The van der Waals surface area contributed by atoms with Crippen LogP contribution in [-0.4, -0.2) is 504 Å². The summed E-state index contributed by atoms with van der Waals surface area (Å²) in [6, 6.07) is 0. The Hall–Kier alpha value is -1.60. The van der Waals surface area contributed by atoms with Crippen molar-refractivity contribution in [2.24, 2.45) is 0 Å². The van der Waals surface area contributed by atoms with Crippen molar-refractivity contribution in [1.82, 2.24) is 0 Å². The molecule has 896 valence electrons. The van der Waals surface area contributed by atoms with Gasteiger partial charge >= 0.3 is 0 Å². The van der Waals surface area contributed by atoms with E-state index in [1.165, 1.54) is 0 Å². The molecule has 0 aliphatic rings. The molecule has 0 saturated heterocycles. The normalized spacial score (nSPS) is 15.2. The SMILES string of the molecule is C.CCCCOC(COCC)COCC(COCC(C)O)OCC.CCCCOC(COCC)COCC(COCC)OCC(C)O.CCCCOC(COCCCO)COCC(COCC(C)O)OCC.CCCCOC(COCCCO)COCC(COCC(C)O)OCC(C)O.CCCCOC(COCCCO)COCC(COCC)OCC(C)O.CCCCOCC(COCC(COCC)OCC)OCCCO. The van der Waals surface area contributed by atoms with Gasteiger partial charge in [-0.1, -0.05) is 87.5 Å². The summed E-state index contributed by atoms with van der Waals surface area (Å²) in [4.78, 5) is 0. The van der Waals surface area contributed by atoms with E-state index in [9.17, 15) is 30.6 Å². The molecule has 0 rings (SSSR count). The molecule has 40 heteroatoms. The fourth-order valence-corrected chi connectivity index (χ4v) is 11.5. The second-order valence-corrected chi connectivity index (χ2v) is 35.0. The fourth-order valence-electron chi connectivity index (χ4n) is 11.5. The minimum Gasteiger partial charge on any atom is -0.396 e. The molecule has 0 aliphatic carbocycles. The van der Waals surface area contributed by atoms with Gasteiger partial charge in [0.1, 0.15) is 73.2 Å². The fraction of sp³-hybridized carbons (Fsp3) is 1.00. The van der Waals surface area contributed by atoms with Crippen LogP contribution in [0.1, 0.15) is 249 Å². The summed E-state index contributed by atoms with van der Waals surface area (Å²) in [6.07, 6.45) is 10.2. The molecule has 0 aromatic carbocycles. The molecular weight excluding hydrogens is 1930 g/mol. The molecule has 0 aromatic rings. The highest BCUT2D eigenvalue weighted by atomic mass is 16.6. The molecule has 0 aliphatic heterocycles. The van der Waals surface area contributed by atoms with Crippen molar-refractivity contribution in [2.75, 3.05) is 344 Å². The molecule has 0 aromatic heterocycles. The highest BCUT2D eigenvalue weighted by Crippen LogP contribution is 2.12. The zero-order valence-corrected chi connectivity index (χ0v) is 95.2. The summed E-state index contributed by atoms with van der Waals surface area (Å²) in [7, 11) is 0.